The summed E-state index contributed by atoms with van der Waals surface area (Å²) < 4.78 is 0. The van der Waals surface area contributed by atoms with Crippen LogP contribution >= 0.6 is 0 Å². The molecule has 0 amide bonds. The van der Waals surface area contributed by atoms with E-state index in [-0.39, 0.29) is 11.2 Å². The van der Waals surface area contributed by atoms with Crippen molar-refractivity contribution >= 4 is 12.6 Å². The molecule has 0 fully saturated rings. The molecule has 64 valence electrons. The van der Waals surface area contributed by atoms with Crippen molar-refractivity contribution in [2.75, 3.05) is 0 Å². The third-order valence-electron chi connectivity index (χ3n) is 1.81. The predicted molar refractivity (Wildman–Crippen MR) is 47.3 cm³/mol. The van der Waals surface area contributed by atoms with Crippen molar-refractivity contribution in [2.24, 2.45) is 0 Å². The lowest BCUT2D eigenvalue weighted by Crippen LogP contribution is -2.30. The van der Waals surface area contributed by atoms with E-state index in [9.17, 15) is 5.11 Å². The highest BCUT2D eigenvalue weighted by Gasteiger charge is 2.16. The van der Waals surface area contributed by atoms with Gasteiger partial charge in [-0.05, 0) is 12.0 Å². The standard InChI is InChI=1S/C8H11BO3/c1-2-6-4-3-5-7(8(6)10)9(11)12/h3-5,10-12H,2H2,1H3. The molecule has 4 heteroatoms. The molecule has 0 atom stereocenters. The molecule has 0 spiro atoms. The van der Waals surface area contributed by atoms with Gasteiger partial charge in [-0.1, -0.05) is 25.1 Å². The number of aromatic hydroxyl groups is 1. The molecule has 1 aromatic rings. The first-order valence-corrected chi connectivity index (χ1v) is 3.83. The van der Waals surface area contributed by atoms with Crippen molar-refractivity contribution < 1.29 is 15.2 Å². The average Bonchev–Trinajstić information content (AvgIpc) is 2.04. The fraction of sp³-hybridized carbons (Fsp3) is 0.250. The van der Waals surface area contributed by atoms with Crippen LogP contribution in [0.1, 0.15) is 12.5 Å². The Morgan fingerprint density at radius 3 is 2.50 bits per heavy atom. The second-order valence-corrected chi connectivity index (χ2v) is 2.58. The summed E-state index contributed by atoms with van der Waals surface area (Å²) in [5.41, 5.74) is 0.884. The molecule has 0 aliphatic carbocycles. The molecule has 0 aliphatic rings. The molecule has 0 aliphatic heterocycles. The van der Waals surface area contributed by atoms with Crippen molar-refractivity contribution in [1.29, 1.82) is 0 Å². The molecule has 0 aromatic heterocycles. The van der Waals surface area contributed by atoms with E-state index in [4.69, 9.17) is 10.0 Å². The highest BCUT2D eigenvalue weighted by Crippen LogP contribution is 2.13. The Morgan fingerprint density at radius 1 is 1.33 bits per heavy atom. The molecule has 0 bridgehead atoms. The lowest BCUT2D eigenvalue weighted by atomic mass is 9.78. The number of phenolic OH excluding ortho intramolecular Hbond substituents is 1. The smallest absolute Gasteiger partial charge is 0.492 e. The summed E-state index contributed by atoms with van der Waals surface area (Å²) in [6, 6.07) is 4.92. The Hall–Kier alpha value is -0.995. The number of hydrogen-bond donors (Lipinski definition) is 3. The topological polar surface area (TPSA) is 60.7 Å². The minimum Gasteiger partial charge on any atom is -0.508 e. The summed E-state index contributed by atoms with van der Waals surface area (Å²) in [5.74, 6) is -0.0185. The van der Waals surface area contributed by atoms with Crippen molar-refractivity contribution in [2.45, 2.75) is 13.3 Å². The summed E-state index contributed by atoms with van der Waals surface area (Å²) in [6.45, 7) is 1.89. The number of hydrogen-bond acceptors (Lipinski definition) is 3. The minimum absolute atomic E-state index is 0.0185. The van der Waals surface area contributed by atoms with Crippen molar-refractivity contribution in [1.82, 2.24) is 0 Å². The summed E-state index contributed by atoms with van der Waals surface area (Å²) in [5, 5.41) is 27.1. The van der Waals surface area contributed by atoms with Gasteiger partial charge in [-0.3, -0.25) is 0 Å². The maximum atomic E-state index is 9.44. The first-order valence-electron chi connectivity index (χ1n) is 3.83. The molecule has 0 saturated carbocycles. The van der Waals surface area contributed by atoms with Crippen LogP contribution in [0.5, 0.6) is 5.75 Å². The third kappa shape index (κ3) is 1.60. The highest BCUT2D eigenvalue weighted by molar-refractivity contribution is 6.59. The highest BCUT2D eigenvalue weighted by atomic mass is 16.4. The quantitative estimate of drug-likeness (QED) is 0.525. The zero-order valence-corrected chi connectivity index (χ0v) is 6.86. The molecule has 3 nitrogen and oxygen atoms in total. The van der Waals surface area contributed by atoms with Crippen LogP contribution < -0.4 is 5.46 Å². The van der Waals surface area contributed by atoms with E-state index < -0.39 is 7.12 Å². The van der Waals surface area contributed by atoms with Gasteiger partial charge < -0.3 is 15.2 Å². The molecule has 3 N–H and O–H groups in total. The third-order valence-corrected chi connectivity index (χ3v) is 1.81. The van der Waals surface area contributed by atoms with Gasteiger partial charge in [0.25, 0.3) is 0 Å². The number of phenols is 1. The van der Waals surface area contributed by atoms with Crippen molar-refractivity contribution in [3.05, 3.63) is 23.8 Å². The number of aryl methyl sites for hydroxylation is 1. The molecular weight excluding hydrogens is 155 g/mol. The van der Waals surface area contributed by atoms with Crippen molar-refractivity contribution in [3.63, 3.8) is 0 Å². The largest absolute Gasteiger partial charge is 0.508 e. The molecule has 1 rings (SSSR count). The second-order valence-electron chi connectivity index (χ2n) is 2.58. The first kappa shape index (κ1) is 9.10. The van der Waals surface area contributed by atoms with Crippen LogP contribution in [0.4, 0.5) is 0 Å². The van der Waals surface area contributed by atoms with E-state index in [2.05, 4.69) is 0 Å². The number of benzene rings is 1. The Morgan fingerprint density at radius 2 is 2.00 bits per heavy atom. The minimum atomic E-state index is -1.60. The Bertz CT molecular complexity index is 273. The van der Waals surface area contributed by atoms with Gasteiger partial charge in [0.15, 0.2) is 0 Å². The Balaban J connectivity index is 3.14. The van der Waals surface area contributed by atoms with E-state index in [1.54, 1.807) is 12.1 Å². The molecule has 1 aromatic carbocycles. The van der Waals surface area contributed by atoms with Crippen LogP contribution in [0.3, 0.4) is 0 Å². The molecule has 12 heavy (non-hydrogen) atoms. The van der Waals surface area contributed by atoms with Gasteiger partial charge in [-0.25, -0.2) is 0 Å². The van der Waals surface area contributed by atoms with Crippen LogP contribution in [-0.4, -0.2) is 22.3 Å². The van der Waals surface area contributed by atoms with Crippen molar-refractivity contribution in [3.8, 4) is 5.75 Å². The maximum absolute atomic E-state index is 9.44. The van der Waals surface area contributed by atoms with Gasteiger partial charge >= 0.3 is 7.12 Å². The normalized spacial score (nSPS) is 9.92. The van der Waals surface area contributed by atoms with E-state index >= 15 is 0 Å². The lowest BCUT2D eigenvalue weighted by Gasteiger charge is -2.06. The average molecular weight is 166 g/mol. The first-order chi connectivity index (χ1) is 5.66. The zero-order valence-electron chi connectivity index (χ0n) is 6.86. The fourth-order valence-corrected chi connectivity index (χ4v) is 1.10. The van der Waals surface area contributed by atoms with E-state index in [0.717, 1.165) is 5.56 Å². The summed E-state index contributed by atoms with van der Waals surface area (Å²) in [4.78, 5) is 0. The number of para-hydroxylation sites is 1. The van der Waals surface area contributed by atoms with Gasteiger partial charge in [0, 0.05) is 5.46 Å². The Labute approximate surface area is 71.4 Å². The number of rotatable bonds is 2. The molecule has 0 heterocycles. The molecule has 0 saturated heterocycles. The van der Waals surface area contributed by atoms with Crippen LogP contribution in [0.25, 0.3) is 0 Å². The lowest BCUT2D eigenvalue weighted by molar-refractivity contribution is 0.418. The van der Waals surface area contributed by atoms with Crippen LogP contribution in [0.2, 0.25) is 0 Å². The Kier molecular flexibility index (Phi) is 2.73. The molecule has 0 radical (unpaired) electrons. The monoisotopic (exact) mass is 166 g/mol. The second kappa shape index (κ2) is 3.60. The van der Waals surface area contributed by atoms with Gasteiger partial charge in [0.2, 0.25) is 0 Å². The van der Waals surface area contributed by atoms with Gasteiger partial charge in [-0.15, -0.1) is 0 Å². The van der Waals surface area contributed by atoms with Crippen LogP contribution in [0.15, 0.2) is 18.2 Å². The van der Waals surface area contributed by atoms with Gasteiger partial charge in [0.05, 0.1) is 0 Å². The summed E-state index contributed by atoms with van der Waals surface area (Å²) >= 11 is 0. The molecular formula is C8H11BO3. The summed E-state index contributed by atoms with van der Waals surface area (Å²) in [7, 11) is -1.60. The van der Waals surface area contributed by atoms with Gasteiger partial charge in [-0.2, -0.15) is 0 Å². The van der Waals surface area contributed by atoms with Crippen LogP contribution in [0, 0.1) is 0 Å². The molecule has 0 unspecified atom stereocenters. The zero-order chi connectivity index (χ0) is 9.14. The predicted octanol–water partition coefficient (Wildman–Crippen LogP) is -0.366. The van der Waals surface area contributed by atoms with Gasteiger partial charge in [0.1, 0.15) is 5.75 Å². The fourth-order valence-electron chi connectivity index (χ4n) is 1.10. The van der Waals surface area contributed by atoms with Crippen LogP contribution in [-0.2, 0) is 6.42 Å². The summed E-state index contributed by atoms with van der Waals surface area (Å²) in [6.07, 6.45) is 0.673. The van der Waals surface area contributed by atoms with E-state index in [0.29, 0.717) is 6.42 Å². The maximum Gasteiger partial charge on any atom is 0.492 e. The van der Waals surface area contributed by atoms with E-state index in [1.165, 1.54) is 6.07 Å². The SMILES string of the molecule is CCc1cccc(B(O)O)c1O. The van der Waals surface area contributed by atoms with E-state index in [1.807, 2.05) is 6.92 Å².